The largest absolute Gasteiger partial charge is 0.480 e. The molecule has 0 heterocycles. The van der Waals surface area contributed by atoms with Crippen molar-refractivity contribution in [3.05, 3.63) is 0 Å². The summed E-state index contributed by atoms with van der Waals surface area (Å²) in [7, 11) is 3.10. The Balaban J connectivity index is 4.20. The van der Waals surface area contributed by atoms with Crippen molar-refractivity contribution in [2.24, 2.45) is 5.41 Å². The zero-order chi connectivity index (χ0) is 14.3. The second kappa shape index (κ2) is 7.20. The topological polar surface area (TPSA) is 78.9 Å². The maximum atomic E-state index is 11.7. The molecule has 0 rings (SSSR count). The minimum absolute atomic E-state index is 0.0844. The number of carbonyl (C=O) groups is 2. The first-order valence-corrected chi connectivity index (χ1v) is 5.93. The number of carboxylic acid groups (broad SMARTS) is 1. The van der Waals surface area contributed by atoms with Crippen LogP contribution >= 0.6 is 0 Å². The van der Waals surface area contributed by atoms with Crippen LogP contribution in [-0.4, -0.2) is 55.4 Å². The van der Waals surface area contributed by atoms with E-state index in [2.05, 4.69) is 5.32 Å². The normalized spacial score (nSPS) is 12.9. The molecule has 0 radical (unpaired) electrons. The fourth-order valence-corrected chi connectivity index (χ4v) is 1.25. The fourth-order valence-electron chi connectivity index (χ4n) is 1.25. The van der Waals surface area contributed by atoms with Crippen LogP contribution < -0.4 is 5.32 Å². The van der Waals surface area contributed by atoms with Crippen LogP contribution in [-0.2, 0) is 9.53 Å². The number of ether oxygens (including phenoxy) is 1. The average Bonchev–Trinajstić information content (AvgIpc) is 2.31. The number of aliphatic carboxylic acids is 1. The zero-order valence-electron chi connectivity index (χ0n) is 11.8. The Bertz CT molecular complexity index is 292. The van der Waals surface area contributed by atoms with Crippen molar-refractivity contribution >= 4 is 12.0 Å². The summed E-state index contributed by atoms with van der Waals surface area (Å²) in [5.41, 5.74) is -0.0844. The summed E-state index contributed by atoms with van der Waals surface area (Å²) < 4.78 is 5.00. The van der Waals surface area contributed by atoms with Gasteiger partial charge in [-0.25, -0.2) is 9.59 Å². The molecule has 1 atom stereocenters. The number of nitrogens with zero attached hydrogens (tertiary/aromatic N) is 1. The van der Waals surface area contributed by atoms with Gasteiger partial charge in [0, 0.05) is 27.3 Å². The van der Waals surface area contributed by atoms with E-state index in [9.17, 15) is 9.59 Å². The van der Waals surface area contributed by atoms with Gasteiger partial charge in [0.1, 0.15) is 6.04 Å². The first-order chi connectivity index (χ1) is 8.21. The van der Waals surface area contributed by atoms with Gasteiger partial charge in [0.15, 0.2) is 0 Å². The minimum atomic E-state index is -1.02. The van der Waals surface area contributed by atoms with Gasteiger partial charge in [-0.3, -0.25) is 0 Å². The van der Waals surface area contributed by atoms with Crippen molar-refractivity contribution in [1.29, 1.82) is 0 Å². The van der Waals surface area contributed by atoms with Gasteiger partial charge in [0.2, 0.25) is 0 Å². The number of hydrogen-bond donors (Lipinski definition) is 2. The highest BCUT2D eigenvalue weighted by Gasteiger charge is 2.24. The molecule has 0 aliphatic heterocycles. The van der Waals surface area contributed by atoms with Gasteiger partial charge in [-0.15, -0.1) is 0 Å². The molecule has 6 nitrogen and oxygen atoms in total. The third-order valence-corrected chi connectivity index (χ3v) is 2.96. The Hall–Kier alpha value is -1.30. The monoisotopic (exact) mass is 260 g/mol. The third-order valence-electron chi connectivity index (χ3n) is 2.96. The SMILES string of the molecule is COCCC(C)(C)CNC(=O)N(C)C(C)C(=O)O. The number of urea groups is 1. The summed E-state index contributed by atoms with van der Waals surface area (Å²) in [5, 5.41) is 11.5. The number of likely N-dealkylation sites (N-methyl/N-ethyl adjacent to an activating group) is 1. The van der Waals surface area contributed by atoms with Crippen LogP contribution in [0.2, 0.25) is 0 Å². The van der Waals surface area contributed by atoms with Crippen LogP contribution in [0.3, 0.4) is 0 Å². The lowest BCUT2D eigenvalue weighted by molar-refractivity contribution is -0.141. The molecule has 2 N–H and O–H groups in total. The molecule has 0 bridgehead atoms. The number of amides is 2. The number of rotatable bonds is 7. The zero-order valence-corrected chi connectivity index (χ0v) is 11.8. The van der Waals surface area contributed by atoms with Crippen LogP contribution in [0.1, 0.15) is 27.2 Å². The van der Waals surface area contributed by atoms with E-state index in [0.717, 1.165) is 6.42 Å². The molecule has 0 fully saturated rings. The molecule has 0 saturated carbocycles. The summed E-state index contributed by atoms with van der Waals surface area (Å²) in [6.45, 7) is 6.62. The highest BCUT2D eigenvalue weighted by Crippen LogP contribution is 2.18. The van der Waals surface area contributed by atoms with Crippen molar-refractivity contribution in [2.45, 2.75) is 33.2 Å². The number of hydrogen-bond acceptors (Lipinski definition) is 3. The lowest BCUT2D eigenvalue weighted by atomic mass is 9.90. The van der Waals surface area contributed by atoms with Gasteiger partial charge < -0.3 is 20.1 Å². The molecule has 1 unspecified atom stereocenters. The third kappa shape index (κ3) is 5.86. The second-order valence-corrected chi connectivity index (χ2v) is 5.19. The molecule has 0 aromatic rings. The Morgan fingerprint density at radius 1 is 1.44 bits per heavy atom. The molecular weight excluding hydrogens is 236 g/mol. The minimum Gasteiger partial charge on any atom is -0.480 e. The summed E-state index contributed by atoms with van der Waals surface area (Å²) >= 11 is 0. The average molecular weight is 260 g/mol. The van der Waals surface area contributed by atoms with Gasteiger partial charge in [-0.2, -0.15) is 0 Å². The maximum absolute atomic E-state index is 11.7. The van der Waals surface area contributed by atoms with Crippen LogP contribution in [0.4, 0.5) is 4.79 Å². The van der Waals surface area contributed by atoms with Gasteiger partial charge >= 0.3 is 12.0 Å². The van der Waals surface area contributed by atoms with Crippen molar-refractivity contribution in [3.63, 3.8) is 0 Å². The standard InChI is InChI=1S/C12H24N2O4/c1-9(10(15)16)14(4)11(17)13-8-12(2,3)6-7-18-5/h9H,6-8H2,1-5H3,(H,13,17)(H,15,16). The van der Waals surface area contributed by atoms with Gasteiger partial charge in [-0.1, -0.05) is 13.8 Å². The highest BCUT2D eigenvalue weighted by atomic mass is 16.5. The molecule has 0 aromatic heterocycles. The van der Waals surface area contributed by atoms with E-state index >= 15 is 0 Å². The molecule has 18 heavy (non-hydrogen) atoms. The Labute approximate surface area is 108 Å². The van der Waals surface area contributed by atoms with E-state index in [1.54, 1.807) is 7.11 Å². The Morgan fingerprint density at radius 2 is 2.00 bits per heavy atom. The van der Waals surface area contributed by atoms with Crippen LogP contribution in [0, 0.1) is 5.41 Å². The van der Waals surface area contributed by atoms with E-state index in [1.807, 2.05) is 13.8 Å². The van der Waals surface area contributed by atoms with E-state index in [0.29, 0.717) is 13.2 Å². The highest BCUT2D eigenvalue weighted by molar-refractivity contribution is 5.82. The number of methoxy groups -OCH3 is 1. The van der Waals surface area contributed by atoms with E-state index in [1.165, 1.54) is 18.9 Å². The summed E-state index contributed by atoms with van der Waals surface area (Å²) in [4.78, 5) is 23.7. The molecule has 6 heteroatoms. The van der Waals surface area contributed by atoms with E-state index in [-0.39, 0.29) is 11.4 Å². The maximum Gasteiger partial charge on any atom is 0.326 e. The number of nitrogens with one attached hydrogen (secondary N) is 1. The smallest absolute Gasteiger partial charge is 0.326 e. The molecule has 0 aliphatic rings. The lowest BCUT2D eigenvalue weighted by Crippen LogP contribution is -2.47. The predicted octanol–water partition coefficient (Wildman–Crippen LogP) is 1.16. The first-order valence-electron chi connectivity index (χ1n) is 5.93. The Morgan fingerprint density at radius 3 is 2.44 bits per heavy atom. The van der Waals surface area contributed by atoms with Crippen molar-refractivity contribution in [2.75, 3.05) is 27.3 Å². The molecule has 2 amide bonds. The molecule has 0 aliphatic carbocycles. The second-order valence-electron chi connectivity index (χ2n) is 5.19. The fraction of sp³-hybridized carbons (Fsp3) is 0.833. The van der Waals surface area contributed by atoms with Crippen molar-refractivity contribution in [1.82, 2.24) is 10.2 Å². The van der Waals surface area contributed by atoms with Crippen molar-refractivity contribution < 1.29 is 19.4 Å². The number of carbonyl (C=O) groups excluding carboxylic acids is 1. The molecule has 106 valence electrons. The van der Waals surface area contributed by atoms with Gasteiger partial charge in [0.05, 0.1) is 0 Å². The Kier molecular flexibility index (Phi) is 6.68. The first kappa shape index (κ1) is 16.7. The molecular formula is C12H24N2O4. The predicted molar refractivity (Wildman–Crippen MR) is 68.5 cm³/mol. The van der Waals surface area contributed by atoms with Crippen LogP contribution in [0.5, 0.6) is 0 Å². The lowest BCUT2D eigenvalue weighted by Gasteiger charge is -2.27. The quantitative estimate of drug-likeness (QED) is 0.720. The van der Waals surface area contributed by atoms with Crippen LogP contribution in [0.25, 0.3) is 0 Å². The summed E-state index contributed by atoms with van der Waals surface area (Å²) in [5.74, 6) is -1.02. The summed E-state index contributed by atoms with van der Waals surface area (Å²) in [6.07, 6.45) is 0.821. The molecule has 0 aromatic carbocycles. The summed E-state index contributed by atoms with van der Waals surface area (Å²) in [6, 6.07) is -1.22. The van der Waals surface area contributed by atoms with Gasteiger partial charge in [0.25, 0.3) is 0 Å². The van der Waals surface area contributed by atoms with Gasteiger partial charge in [-0.05, 0) is 18.8 Å². The molecule has 0 spiro atoms. The molecule has 0 saturated heterocycles. The van der Waals surface area contributed by atoms with Crippen LogP contribution in [0.15, 0.2) is 0 Å². The van der Waals surface area contributed by atoms with E-state index in [4.69, 9.17) is 9.84 Å². The van der Waals surface area contributed by atoms with Crippen molar-refractivity contribution in [3.8, 4) is 0 Å². The number of carboxylic acids is 1. The van der Waals surface area contributed by atoms with E-state index < -0.39 is 12.0 Å².